The zero-order valence-electron chi connectivity index (χ0n) is 8.46. The topological polar surface area (TPSA) is 29.3 Å². The maximum atomic E-state index is 5.91. The first-order valence-corrected chi connectivity index (χ1v) is 5.14. The summed E-state index contributed by atoms with van der Waals surface area (Å²) < 4.78 is 0. The van der Waals surface area contributed by atoms with E-state index in [2.05, 4.69) is 11.9 Å². The van der Waals surface area contributed by atoms with Gasteiger partial charge in [0.05, 0.1) is 0 Å². The molecule has 0 unspecified atom stereocenters. The molecular weight excluding hydrogens is 184 g/mol. The summed E-state index contributed by atoms with van der Waals surface area (Å²) in [5.41, 5.74) is 6.58. The summed E-state index contributed by atoms with van der Waals surface area (Å²) >= 11 is 0. The molecule has 1 saturated heterocycles. The number of hydrogen-bond acceptors (Lipinski definition) is 2. The molecule has 0 aromatic carbocycles. The molecule has 1 spiro atoms. The fraction of sp³-hybridized carbons (Fsp3) is 1.00. The van der Waals surface area contributed by atoms with Crippen LogP contribution in [0.5, 0.6) is 0 Å². The largest absolute Gasteiger partial charge is 0.328 e. The summed E-state index contributed by atoms with van der Waals surface area (Å²) in [6, 6.07) is 0.501. The molecule has 0 radical (unpaired) electrons. The van der Waals surface area contributed by atoms with Crippen LogP contribution in [0.4, 0.5) is 0 Å². The van der Waals surface area contributed by atoms with E-state index in [4.69, 9.17) is 5.73 Å². The second-order valence-electron chi connectivity index (χ2n) is 4.83. The monoisotopic (exact) mass is 204 g/mol. The van der Waals surface area contributed by atoms with Crippen LogP contribution in [-0.2, 0) is 0 Å². The molecule has 1 saturated carbocycles. The van der Waals surface area contributed by atoms with Gasteiger partial charge in [0.25, 0.3) is 0 Å². The van der Waals surface area contributed by atoms with Gasteiger partial charge in [-0.05, 0) is 51.1 Å². The first-order chi connectivity index (χ1) is 5.70. The SMILES string of the molecule is CN1CCC2(CCC(N)CC2)C1.Cl. The highest BCUT2D eigenvalue weighted by molar-refractivity contribution is 5.85. The molecular formula is C10H21ClN2. The van der Waals surface area contributed by atoms with Gasteiger partial charge in [0.2, 0.25) is 0 Å². The maximum Gasteiger partial charge on any atom is 0.00392 e. The van der Waals surface area contributed by atoms with E-state index >= 15 is 0 Å². The van der Waals surface area contributed by atoms with Gasteiger partial charge in [-0.3, -0.25) is 0 Å². The average Bonchev–Trinajstić information content (AvgIpc) is 2.40. The predicted octanol–water partition coefficient (Wildman–Crippen LogP) is 1.63. The molecule has 3 heteroatoms. The molecule has 1 heterocycles. The van der Waals surface area contributed by atoms with Crippen LogP contribution in [0.1, 0.15) is 32.1 Å². The zero-order valence-corrected chi connectivity index (χ0v) is 9.28. The van der Waals surface area contributed by atoms with Gasteiger partial charge in [-0.15, -0.1) is 12.4 Å². The Balaban J connectivity index is 0.000000845. The average molecular weight is 205 g/mol. The van der Waals surface area contributed by atoms with Crippen LogP contribution in [0, 0.1) is 5.41 Å². The van der Waals surface area contributed by atoms with Crippen molar-refractivity contribution in [1.82, 2.24) is 4.90 Å². The molecule has 2 aliphatic rings. The summed E-state index contributed by atoms with van der Waals surface area (Å²) in [5, 5.41) is 0. The Bertz CT molecular complexity index is 164. The Labute approximate surface area is 87.3 Å². The summed E-state index contributed by atoms with van der Waals surface area (Å²) in [7, 11) is 2.24. The van der Waals surface area contributed by atoms with E-state index in [9.17, 15) is 0 Å². The van der Waals surface area contributed by atoms with Gasteiger partial charge >= 0.3 is 0 Å². The minimum absolute atomic E-state index is 0. The van der Waals surface area contributed by atoms with Crippen molar-refractivity contribution in [3.05, 3.63) is 0 Å². The molecule has 2 N–H and O–H groups in total. The molecule has 0 bridgehead atoms. The van der Waals surface area contributed by atoms with Gasteiger partial charge in [-0.1, -0.05) is 0 Å². The number of likely N-dealkylation sites (tertiary alicyclic amines) is 1. The van der Waals surface area contributed by atoms with Crippen molar-refractivity contribution in [3.8, 4) is 0 Å². The first kappa shape index (κ1) is 11.3. The van der Waals surface area contributed by atoms with Crippen molar-refractivity contribution < 1.29 is 0 Å². The van der Waals surface area contributed by atoms with Crippen LogP contribution in [0.2, 0.25) is 0 Å². The number of hydrogen-bond donors (Lipinski definition) is 1. The van der Waals surface area contributed by atoms with Gasteiger partial charge in [-0.25, -0.2) is 0 Å². The van der Waals surface area contributed by atoms with Crippen molar-refractivity contribution in [2.75, 3.05) is 20.1 Å². The fourth-order valence-electron chi connectivity index (χ4n) is 2.82. The molecule has 0 aromatic heterocycles. The smallest absolute Gasteiger partial charge is 0.00392 e. The minimum atomic E-state index is 0. The van der Waals surface area contributed by atoms with Gasteiger partial charge in [-0.2, -0.15) is 0 Å². The lowest BCUT2D eigenvalue weighted by atomic mass is 9.72. The zero-order chi connectivity index (χ0) is 8.60. The van der Waals surface area contributed by atoms with Crippen molar-refractivity contribution in [2.45, 2.75) is 38.1 Å². The van der Waals surface area contributed by atoms with Crippen molar-refractivity contribution in [1.29, 1.82) is 0 Å². The lowest BCUT2D eigenvalue weighted by Gasteiger charge is -2.35. The van der Waals surface area contributed by atoms with E-state index in [1.807, 2.05) is 0 Å². The second kappa shape index (κ2) is 4.16. The van der Waals surface area contributed by atoms with Crippen LogP contribution in [0.3, 0.4) is 0 Å². The highest BCUT2D eigenvalue weighted by Gasteiger charge is 2.38. The molecule has 2 fully saturated rings. The van der Waals surface area contributed by atoms with Crippen LogP contribution in [-0.4, -0.2) is 31.1 Å². The van der Waals surface area contributed by atoms with Crippen LogP contribution in [0.15, 0.2) is 0 Å². The normalized spacial score (nSPS) is 40.6. The third kappa shape index (κ3) is 2.36. The van der Waals surface area contributed by atoms with Crippen molar-refractivity contribution in [2.24, 2.45) is 11.1 Å². The Hall–Kier alpha value is 0.210. The molecule has 1 aliphatic heterocycles. The van der Waals surface area contributed by atoms with Gasteiger partial charge in [0.1, 0.15) is 0 Å². The van der Waals surface area contributed by atoms with Crippen LogP contribution >= 0.6 is 12.4 Å². The second-order valence-corrected chi connectivity index (χ2v) is 4.83. The number of nitrogens with zero attached hydrogens (tertiary/aromatic N) is 1. The van der Waals surface area contributed by atoms with Gasteiger partial charge in [0.15, 0.2) is 0 Å². The molecule has 0 atom stereocenters. The van der Waals surface area contributed by atoms with E-state index in [1.54, 1.807) is 0 Å². The van der Waals surface area contributed by atoms with E-state index in [0.717, 1.165) is 0 Å². The Morgan fingerprint density at radius 1 is 1.23 bits per heavy atom. The lowest BCUT2D eigenvalue weighted by Crippen LogP contribution is -2.35. The number of rotatable bonds is 0. The molecule has 2 rings (SSSR count). The molecule has 0 aromatic rings. The third-order valence-electron chi connectivity index (χ3n) is 3.72. The molecule has 2 nitrogen and oxygen atoms in total. The molecule has 13 heavy (non-hydrogen) atoms. The molecule has 1 aliphatic carbocycles. The van der Waals surface area contributed by atoms with E-state index in [0.29, 0.717) is 11.5 Å². The maximum absolute atomic E-state index is 5.91. The van der Waals surface area contributed by atoms with Gasteiger partial charge < -0.3 is 10.6 Å². The van der Waals surface area contributed by atoms with Crippen LogP contribution < -0.4 is 5.73 Å². The van der Waals surface area contributed by atoms with E-state index in [-0.39, 0.29) is 12.4 Å². The highest BCUT2D eigenvalue weighted by Crippen LogP contribution is 2.42. The predicted molar refractivity (Wildman–Crippen MR) is 58.2 cm³/mol. The molecule has 78 valence electrons. The van der Waals surface area contributed by atoms with Crippen molar-refractivity contribution in [3.63, 3.8) is 0 Å². The van der Waals surface area contributed by atoms with Gasteiger partial charge in [0, 0.05) is 12.6 Å². The Kier molecular flexibility index (Phi) is 3.61. The Morgan fingerprint density at radius 2 is 1.85 bits per heavy atom. The van der Waals surface area contributed by atoms with Crippen molar-refractivity contribution >= 4 is 12.4 Å². The lowest BCUT2D eigenvalue weighted by molar-refractivity contribution is 0.182. The first-order valence-electron chi connectivity index (χ1n) is 5.14. The fourth-order valence-corrected chi connectivity index (χ4v) is 2.82. The summed E-state index contributed by atoms with van der Waals surface area (Å²) in [6.45, 7) is 2.62. The Morgan fingerprint density at radius 3 is 2.31 bits per heavy atom. The highest BCUT2D eigenvalue weighted by atomic mass is 35.5. The van der Waals surface area contributed by atoms with E-state index < -0.39 is 0 Å². The minimum Gasteiger partial charge on any atom is -0.328 e. The number of halogens is 1. The summed E-state index contributed by atoms with van der Waals surface area (Å²) in [4.78, 5) is 2.47. The standard InChI is InChI=1S/C10H20N2.ClH/c1-12-7-6-10(8-12)4-2-9(11)3-5-10;/h9H,2-8,11H2,1H3;1H. The summed E-state index contributed by atoms with van der Waals surface area (Å²) in [6.07, 6.45) is 6.68. The number of nitrogens with two attached hydrogens (primary N) is 1. The summed E-state index contributed by atoms with van der Waals surface area (Å²) in [5.74, 6) is 0. The molecule has 0 amide bonds. The quantitative estimate of drug-likeness (QED) is 0.650. The van der Waals surface area contributed by atoms with E-state index in [1.165, 1.54) is 45.2 Å². The third-order valence-corrected chi connectivity index (χ3v) is 3.72. The van der Waals surface area contributed by atoms with Crippen LogP contribution in [0.25, 0.3) is 0 Å².